The highest BCUT2D eigenvalue weighted by molar-refractivity contribution is 6.41. The number of aliphatic imine (C=N–C) groups is 2. The molecule has 1 saturated heterocycles. The molecule has 0 aromatic rings. The summed E-state index contributed by atoms with van der Waals surface area (Å²) in [7, 11) is 0. The Morgan fingerprint density at radius 1 is 1.58 bits per heavy atom. The minimum atomic E-state index is -0.0387. The van der Waals surface area contributed by atoms with E-state index in [1.54, 1.807) is 5.01 Å². The number of nitrogens with zero attached hydrogens (tertiary/aromatic N) is 3. The molecule has 1 radical (unpaired) electrons. The van der Waals surface area contributed by atoms with E-state index in [9.17, 15) is 4.79 Å². The molecule has 2 aliphatic rings. The maximum atomic E-state index is 11.2. The van der Waals surface area contributed by atoms with Crippen molar-refractivity contribution < 1.29 is 4.79 Å². The van der Waals surface area contributed by atoms with Gasteiger partial charge in [0, 0.05) is 13.1 Å². The summed E-state index contributed by atoms with van der Waals surface area (Å²) in [6, 6.07) is 0. The second-order valence-electron chi connectivity index (χ2n) is 2.69. The van der Waals surface area contributed by atoms with Crippen molar-refractivity contribution in [3.8, 4) is 0 Å². The number of Topliss-reactive ketones (excluding diaryl/α,β-unsaturated/α-hetero) is 1. The maximum Gasteiger partial charge on any atom is 0.220 e. The molecule has 2 rings (SSSR count). The third-order valence-electron chi connectivity index (χ3n) is 1.82. The number of rotatable bonds is 0. The Morgan fingerprint density at radius 3 is 3.17 bits per heavy atom. The Bertz CT molecular complexity index is 252. The Morgan fingerprint density at radius 2 is 2.50 bits per heavy atom. The summed E-state index contributed by atoms with van der Waals surface area (Å²) >= 11 is 0. The first-order valence-electron chi connectivity index (χ1n) is 3.91. The van der Waals surface area contributed by atoms with Crippen LogP contribution in [-0.4, -0.2) is 42.6 Å². The lowest BCUT2D eigenvalue weighted by atomic mass is 10.3. The van der Waals surface area contributed by atoms with Crippen molar-refractivity contribution in [2.24, 2.45) is 9.98 Å². The predicted molar refractivity (Wildman–Crippen MR) is 44.1 cm³/mol. The molecule has 2 aliphatic heterocycles. The number of ketones is 1. The number of hydrogen-bond donors (Lipinski definition) is 1. The van der Waals surface area contributed by atoms with Crippen LogP contribution in [-0.2, 0) is 4.79 Å². The van der Waals surface area contributed by atoms with E-state index in [0.29, 0.717) is 5.84 Å². The van der Waals surface area contributed by atoms with Gasteiger partial charge in [0.05, 0.1) is 0 Å². The van der Waals surface area contributed by atoms with Crippen LogP contribution in [0.15, 0.2) is 9.98 Å². The van der Waals surface area contributed by atoms with Gasteiger partial charge in [-0.2, -0.15) is 0 Å². The van der Waals surface area contributed by atoms with Gasteiger partial charge in [-0.3, -0.25) is 14.8 Å². The second kappa shape index (κ2) is 3.02. The fraction of sp³-hybridized carbons (Fsp3) is 0.571. The molecule has 5 nitrogen and oxygen atoms in total. The third kappa shape index (κ3) is 1.23. The molecule has 2 heterocycles. The van der Waals surface area contributed by atoms with Crippen LogP contribution < -0.4 is 5.43 Å². The minimum Gasteiger partial charge on any atom is -0.289 e. The summed E-state index contributed by atoms with van der Waals surface area (Å²) in [5, 5.41) is 1.77. The van der Waals surface area contributed by atoms with Crippen LogP contribution in [0, 0.1) is 0 Å². The van der Waals surface area contributed by atoms with E-state index in [1.165, 1.54) is 0 Å². The first-order chi connectivity index (χ1) is 5.88. The summed E-state index contributed by atoms with van der Waals surface area (Å²) < 4.78 is 0. The summed E-state index contributed by atoms with van der Waals surface area (Å²) in [5.41, 5.74) is 3.06. The molecule has 0 saturated carbocycles. The fourth-order valence-electron chi connectivity index (χ4n) is 1.24. The molecule has 12 heavy (non-hydrogen) atoms. The second-order valence-corrected chi connectivity index (χ2v) is 2.69. The van der Waals surface area contributed by atoms with Gasteiger partial charge in [-0.25, -0.2) is 10.4 Å². The Kier molecular flexibility index (Phi) is 1.87. The van der Waals surface area contributed by atoms with E-state index in [-0.39, 0.29) is 12.3 Å². The van der Waals surface area contributed by atoms with Gasteiger partial charge in [-0.15, -0.1) is 0 Å². The van der Waals surface area contributed by atoms with Crippen LogP contribution in [0.1, 0.15) is 6.42 Å². The van der Waals surface area contributed by atoms with Gasteiger partial charge in [0.2, 0.25) is 5.78 Å². The summed E-state index contributed by atoms with van der Waals surface area (Å²) in [5.74, 6) is 0.408. The SMILES string of the molecule is O=C1CN=[C]N=C1N1CCCN1. The van der Waals surface area contributed by atoms with E-state index in [1.807, 2.05) is 0 Å². The quantitative estimate of drug-likeness (QED) is 0.505. The van der Waals surface area contributed by atoms with Crippen molar-refractivity contribution in [2.75, 3.05) is 19.6 Å². The van der Waals surface area contributed by atoms with Gasteiger partial charge in [-0.05, 0) is 6.42 Å². The lowest BCUT2D eigenvalue weighted by Crippen LogP contribution is -2.43. The van der Waals surface area contributed by atoms with E-state index < -0.39 is 0 Å². The molecule has 0 atom stereocenters. The minimum absolute atomic E-state index is 0.0387. The smallest absolute Gasteiger partial charge is 0.220 e. The molecule has 0 unspecified atom stereocenters. The first-order valence-corrected chi connectivity index (χ1v) is 3.91. The number of nitrogens with one attached hydrogen (secondary N) is 1. The highest BCUT2D eigenvalue weighted by Crippen LogP contribution is 2.01. The van der Waals surface area contributed by atoms with Gasteiger partial charge >= 0.3 is 0 Å². The average Bonchev–Trinajstić information content (AvgIpc) is 2.57. The third-order valence-corrected chi connectivity index (χ3v) is 1.82. The lowest BCUT2D eigenvalue weighted by Gasteiger charge is -2.18. The Balaban J connectivity index is 2.14. The van der Waals surface area contributed by atoms with Crippen LogP contribution in [0.2, 0.25) is 0 Å². The van der Waals surface area contributed by atoms with E-state index in [4.69, 9.17) is 0 Å². The number of hydrazine groups is 1. The Labute approximate surface area is 70.1 Å². The molecule has 63 valence electrons. The van der Waals surface area contributed by atoms with Gasteiger partial charge in [0.15, 0.2) is 12.2 Å². The van der Waals surface area contributed by atoms with Crippen molar-refractivity contribution in [3.05, 3.63) is 0 Å². The molecule has 0 aromatic carbocycles. The summed E-state index contributed by atoms with van der Waals surface area (Å²) in [6.45, 7) is 1.92. The van der Waals surface area contributed by atoms with Gasteiger partial charge in [-0.1, -0.05) is 0 Å². The highest BCUT2D eigenvalue weighted by atomic mass is 16.1. The van der Waals surface area contributed by atoms with Crippen LogP contribution in [0.5, 0.6) is 0 Å². The number of carbonyl (C=O) groups is 1. The summed E-state index contributed by atoms with van der Waals surface area (Å²) in [4.78, 5) is 18.7. The van der Waals surface area contributed by atoms with E-state index >= 15 is 0 Å². The fourth-order valence-corrected chi connectivity index (χ4v) is 1.24. The van der Waals surface area contributed by atoms with Crippen LogP contribution in [0.4, 0.5) is 0 Å². The predicted octanol–water partition coefficient (Wildman–Crippen LogP) is -0.917. The lowest BCUT2D eigenvalue weighted by molar-refractivity contribution is -0.112. The monoisotopic (exact) mass is 165 g/mol. The highest BCUT2D eigenvalue weighted by Gasteiger charge is 2.23. The summed E-state index contributed by atoms with van der Waals surface area (Å²) in [6.07, 6.45) is 3.50. The zero-order chi connectivity index (χ0) is 8.39. The molecular formula is C7H9N4O. The zero-order valence-electron chi connectivity index (χ0n) is 6.58. The number of carbonyl (C=O) groups excluding carboxylic acids is 1. The van der Waals surface area contributed by atoms with E-state index in [0.717, 1.165) is 19.5 Å². The molecular weight excluding hydrogens is 156 g/mol. The van der Waals surface area contributed by atoms with Gasteiger partial charge < -0.3 is 0 Å². The van der Waals surface area contributed by atoms with Crippen molar-refractivity contribution in [1.82, 2.24) is 10.4 Å². The van der Waals surface area contributed by atoms with Crippen molar-refractivity contribution in [1.29, 1.82) is 0 Å². The molecule has 1 N–H and O–H groups in total. The molecule has 0 amide bonds. The molecule has 1 fully saturated rings. The normalized spacial score (nSPS) is 23.2. The molecule has 0 aromatic heterocycles. The van der Waals surface area contributed by atoms with Crippen LogP contribution >= 0.6 is 0 Å². The molecule has 0 aliphatic carbocycles. The van der Waals surface area contributed by atoms with Crippen molar-refractivity contribution in [2.45, 2.75) is 6.42 Å². The molecule has 0 bridgehead atoms. The number of amidine groups is 1. The maximum absolute atomic E-state index is 11.2. The molecule has 0 spiro atoms. The number of hydrogen-bond acceptors (Lipinski definition) is 5. The topological polar surface area (TPSA) is 57.1 Å². The first kappa shape index (κ1) is 7.42. The van der Waals surface area contributed by atoms with Crippen LogP contribution in [0.3, 0.4) is 0 Å². The average molecular weight is 165 g/mol. The van der Waals surface area contributed by atoms with Gasteiger partial charge in [0.25, 0.3) is 0 Å². The zero-order valence-corrected chi connectivity index (χ0v) is 6.58. The Hall–Kier alpha value is -1.23. The van der Waals surface area contributed by atoms with Crippen molar-refractivity contribution in [3.63, 3.8) is 0 Å². The van der Waals surface area contributed by atoms with E-state index in [2.05, 4.69) is 21.7 Å². The standard InChI is InChI=1S/C7H9N4O/c12-6-4-8-5-9-7(6)11-3-1-2-10-11/h10H,1-4H2. The van der Waals surface area contributed by atoms with Gasteiger partial charge in [0.1, 0.15) is 6.54 Å². The van der Waals surface area contributed by atoms with Crippen molar-refractivity contribution >= 4 is 18.0 Å². The van der Waals surface area contributed by atoms with Crippen LogP contribution in [0.25, 0.3) is 0 Å². The largest absolute Gasteiger partial charge is 0.289 e. The molecule has 5 heteroatoms.